The summed E-state index contributed by atoms with van der Waals surface area (Å²) in [6.07, 6.45) is 0. The lowest BCUT2D eigenvalue weighted by Gasteiger charge is -2.08. The normalized spacial score (nSPS) is 10.4. The number of aryl methyl sites for hydroxylation is 1. The van der Waals surface area contributed by atoms with E-state index < -0.39 is 11.6 Å². The minimum Gasteiger partial charge on any atom is -0.366 e. The molecule has 0 fully saturated rings. The van der Waals surface area contributed by atoms with Crippen LogP contribution in [0.25, 0.3) is 0 Å². The molecule has 1 N–H and O–H groups in total. The number of anilines is 1. The van der Waals surface area contributed by atoms with Gasteiger partial charge in [-0.2, -0.15) is 0 Å². The highest BCUT2D eigenvalue weighted by Crippen LogP contribution is 2.17. The molecule has 1 aromatic heterocycles. The first-order valence-corrected chi connectivity index (χ1v) is 6.17. The van der Waals surface area contributed by atoms with Crippen LogP contribution in [0.1, 0.15) is 11.3 Å². The van der Waals surface area contributed by atoms with Crippen molar-refractivity contribution in [3.63, 3.8) is 0 Å². The highest BCUT2D eigenvalue weighted by molar-refractivity contribution is 9.10. The maximum atomic E-state index is 13.4. The van der Waals surface area contributed by atoms with Crippen molar-refractivity contribution in [3.05, 3.63) is 57.7 Å². The van der Waals surface area contributed by atoms with Crippen LogP contribution < -0.4 is 5.32 Å². The summed E-state index contributed by atoms with van der Waals surface area (Å²) in [4.78, 5) is 4.27. The molecule has 0 bridgehead atoms. The molecule has 2 aromatic rings. The van der Waals surface area contributed by atoms with Gasteiger partial charge in [-0.15, -0.1) is 0 Å². The van der Waals surface area contributed by atoms with E-state index in [1.54, 1.807) is 6.07 Å². The Morgan fingerprint density at radius 2 is 2.00 bits per heavy atom. The zero-order chi connectivity index (χ0) is 13.1. The van der Waals surface area contributed by atoms with Gasteiger partial charge < -0.3 is 5.32 Å². The molecule has 0 saturated carbocycles. The van der Waals surface area contributed by atoms with Crippen LogP contribution in [-0.4, -0.2) is 4.98 Å². The Labute approximate surface area is 112 Å². The van der Waals surface area contributed by atoms with Gasteiger partial charge in [-0.25, -0.2) is 13.8 Å². The third kappa shape index (κ3) is 2.85. The first kappa shape index (κ1) is 13.0. The van der Waals surface area contributed by atoms with Gasteiger partial charge >= 0.3 is 0 Å². The molecule has 0 radical (unpaired) electrons. The highest BCUT2D eigenvalue weighted by atomic mass is 79.9. The van der Waals surface area contributed by atoms with E-state index >= 15 is 0 Å². The predicted molar refractivity (Wildman–Crippen MR) is 70.4 cm³/mol. The summed E-state index contributed by atoms with van der Waals surface area (Å²) in [5, 5.41) is 2.96. The molecule has 0 unspecified atom stereocenters. The van der Waals surface area contributed by atoms with Crippen LogP contribution in [0.2, 0.25) is 0 Å². The molecular formula is C13H11BrF2N2. The molecule has 5 heteroatoms. The van der Waals surface area contributed by atoms with E-state index in [4.69, 9.17) is 0 Å². The number of nitrogens with zero attached hydrogens (tertiary/aromatic N) is 1. The first-order valence-electron chi connectivity index (χ1n) is 5.38. The molecule has 94 valence electrons. The Hall–Kier alpha value is -1.49. The number of aromatic nitrogens is 1. The van der Waals surface area contributed by atoms with Gasteiger partial charge in [0, 0.05) is 16.6 Å². The Morgan fingerprint density at radius 3 is 2.72 bits per heavy atom. The maximum Gasteiger partial charge on any atom is 0.163 e. The lowest BCUT2D eigenvalue weighted by atomic mass is 10.2. The lowest BCUT2D eigenvalue weighted by Crippen LogP contribution is -2.05. The maximum absolute atomic E-state index is 13.4. The molecule has 18 heavy (non-hydrogen) atoms. The molecule has 0 atom stereocenters. The summed E-state index contributed by atoms with van der Waals surface area (Å²) >= 11 is 3.35. The van der Waals surface area contributed by atoms with Crippen LogP contribution in [0.4, 0.5) is 14.6 Å². The topological polar surface area (TPSA) is 24.9 Å². The first-order chi connectivity index (χ1) is 8.58. The molecular weight excluding hydrogens is 302 g/mol. The van der Waals surface area contributed by atoms with Gasteiger partial charge in [0.25, 0.3) is 0 Å². The van der Waals surface area contributed by atoms with Crippen molar-refractivity contribution < 1.29 is 8.78 Å². The summed E-state index contributed by atoms with van der Waals surface area (Å²) in [6, 6.07) is 7.74. The van der Waals surface area contributed by atoms with Gasteiger partial charge in [0.1, 0.15) is 5.82 Å². The summed E-state index contributed by atoms with van der Waals surface area (Å²) < 4.78 is 27.3. The molecule has 2 rings (SSSR count). The van der Waals surface area contributed by atoms with Gasteiger partial charge in [-0.3, -0.25) is 0 Å². The molecule has 0 saturated heterocycles. The van der Waals surface area contributed by atoms with E-state index in [0.29, 0.717) is 5.82 Å². The molecule has 0 aliphatic carbocycles. The van der Waals surface area contributed by atoms with Crippen molar-refractivity contribution in [2.24, 2.45) is 0 Å². The summed E-state index contributed by atoms with van der Waals surface area (Å²) in [5.74, 6) is -1.03. The summed E-state index contributed by atoms with van der Waals surface area (Å²) in [5.41, 5.74) is 1.11. The third-order valence-corrected chi connectivity index (χ3v) is 3.35. The van der Waals surface area contributed by atoms with Gasteiger partial charge in [0.15, 0.2) is 11.6 Å². The monoisotopic (exact) mass is 312 g/mol. The van der Waals surface area contributed by atoms with E-state index in [0.717, 1.165) is 16.2 Å². The molecule has 0 aliphatic rings. The minimum absolute atomic E-state index is 0.192. The van der Waals surface area contributed by atoms with Crippen LogP contribution >= 0.6 is 15.9 Å². The third-order valence-electron chi connectivity index (χ3n) is 2.51. The van der Waals surface area contributed by atoms with E-state index in [9.17, 15) is 8.78 Å². The zero-order valence-corrected chi connectivity index (χ0v) is 11.3. The fourth-order valence-corrected chi connectivity index (χ4v) is 1.73. The van der Waals surface area contributed by atoms with Crippen molar-refractivity contribution in [2.45, 2.75) is 13.5 Å². The van der Waals surface area contributed by atoms with E-state index in [1.807, 2.05) is 13.0 Å². The molecule has 0 aliphatic heterocycles. The molecule has 2 nitrogen and oxygen atoms in total. The SMILES string of the molecule is Cc1nc(NCc2cccc(F)c2F)ccc1Br. The Morgan fingerprint density at radius 1 is 1.22 bits per heavy atom. The number of rotatable bonds is 3. The number of benzene rings is 1. The smallest absolute Gasteiger partial charge is 0.163 e. The molecule has 0 spiro atoms. The lowest BCUT2D eigenvalue weighted by molar-refractivity contribution is 0.500. The van der Waals surface area contributed by atoms with E-state index in [-0.39, 0.29) is 12.1 Å². The molecule has 1 aromatic carbocycles. The van der Waals surface area contributed by atoms with E-state index in [1.165, 1.54) is 12.1 Å². The van der Waals surface area contributed by atoms with Crippen molar-refractivity contribution in [2.75, 3.05) is 5.32 Å². The van der Waals surface area contributed by atoms with Gasteiger partial charge in [0.2, 0.25) is 0 Å². The van der Waals surface area contributed by atoms with Crippen molar-refractivity contribution in [3.8, 4) is 0 Å². The summed E-state index contributed by atoms with van der Waals surface area (Å²) in [6.45, 7) is 2.05. The predicted octanol–water partition coefficient (Wildman–Crippen LogP) is 4.04. The minimum atomic E-state index is -0.839. The average molecular weight is 313 g/mol. The molecule has 0 amide bonds. The van der Waals surface area contributed by atoms with Crippen LogP contribution in [0, 0.1) is 18.6 Å². The van der Waals surface area contributed by atoms with Gasteiger partial charge in [-0.05, 0) is 41.1 Å². The van der Waals surface area contributed by atoms with E-state index in [2.05, 4.69) is 26.2 Å². The fourth-order valence-electron chi connectivity index (χ4n) is 1.51. The van der Waals surface area contributed by atoms with Gasteiger partial charge in [-0.1, -0.05) is 12.1 Å². The Balaban J connectivity index is 2.11. The number of hydrogen-bond acceptors (Lipinski definition) is 2. The zero-order valence-electron chi connectivity index (χ0n) is 9.67. The van der Waals surface area contributed by atoms with Crippen LogP contribution in [-0.2, 0) is 6.54 Å². The van der Waals surface area contributed by atoms with Gasteiger partial charge in [0.05, 0.1) is 5.69 Å². The Bertz CT molecular complexity index is 573. The quantitative estimate of drug-likeness (QED) is 0.925. The second-order valence-electron chi connectivity index (χ2n) is 3.83. The number of pyridine rings is 1. The van der Waals surface area contributed by atoms with Crippen molar-refractivity contribution >= 4 is 21.7 Å². The number of halogens is 3. The highest BCUT2D eigenvalue weighted by Gasteiger charge is 2.07. The van der Waals surface area contributed by atoms with Crippen LogP contribution in [0.5, 0.6) is 0 Å². The summed E-state index contributed by atoms with van der Waals surface area (Å²) in [7, 11) is 0. The standard InChI is InChI=1S/C13H11BrF2N2/c1-8-10(14)5-6-12(18-8)17-7-9-3-2-4-11(15)13(9)16/h2-6H,7H2,1H3,(H,17,18). The second kappa shape index (κ2) is 5.44. The van der Waals surface area contributed by atoms with Crippen molar-refractivity contribution in [1.82, 2.24) is 4.98 Å². The number of nitrogens with one attached hydrogen (secondary N) is 1. The largest absolute Gasteiger partial charge is 0.366 e. The number of hydrogen-bond donors (Lipinski definition) is 1. The Kier molecular flexibility index (Phi) is 3.91. The van der Waals surface area contributed by atoms with Crippen LogP contribution in [0.15, 0.2) is 34.8 Å². The fraction of sp³-hybridized carbons (Fsp3) is 0.154. The van der Waals surface area contributed by atoms with Crippen molar-refractivity contribution in [1.29, 1.82) is 0 Å². The average Bonchev–Trinajstić information content (AvgIpc) is 2.35. The second-order valence-corrected chi connectivity index (χ2v) is 4.68. The van der Waals surface area contributed by atoms with Crippen LogP contribution in [0.3, 0.4) is 0 Å². The molecule has 1 heterocycles.